The summed E-state index contributed by atoms with van der Waals surface area (Å²) in [5, 5.41) is 12.9. The molecule has 0 saturated carbocycles. The molecule has 0 N–H and O–H groups in total. The van der Waals surface area contributed by atoms with E-state index in [0.717, 1.165) is 45.2 Å². The lowest BCUT2D eigenvalue weighted by Gasteiger charge is -2.57. The molecule has 3 aliphatic heterocycles. The highest BCUT2D eigenvalue weighted by Crippen LogP contribution is 2.37. The minimum absolute atomic E-state index is 0.0355. The Hall–Kier alpha value is -0.940. The number of carbonyl (C=O) groups is 2. The van der Waals surface area contributed by atoms with Gasteiger partial charge in [0.15, 0.2) is 0 Å². The van der Waals surface area contributed by atoms with Crippen LogP contribution in [0.4, 0.5) is 0 Å². The molecule has 5 nitrogen and oxygen atoms in total. The number of rotatable bonds is 2. The molecule has 3 atom stereocenters. The zero-order valence-corrected chi connectivity index (χ0v) is 12.1. The van der Waals surface area contributed by atoms with Gasteiger partial charge in [0.1, 0.15) is 0 Å². The van der Waals surface area contributed by atoms with Gasteiger partial charge in [0.05, 0.1) is 19.1 Å². The van der Waals surface area contributed by atoms with E-state index in [4.69, 9.17) is 0 Å². The van der Waals surface area contributed by atoms with Crippen LogP contribution in [0.25, 0.3) is 0 Å². The number of imide groups is 1. The van der Waals surface area contributed by atoms with Crippen molar-refractivity contribution >= 4 is 11.8 Å². The van der Waals surface area contributed by atoms with Crippen molar-refractivity contribution in [3.8, 4) is 0 Å². The molecule has 1 unspecified atom stereocenters. The molecule has 3 fully saturated rings. The molecule has 3 heterocycles. The molecule has 0 radical (unpaired) electrons. The molecule has 0 aliphatic carbocycles. The second-order valence-electron chi connectivity index (χ2n) is 6.62. The Morgan fingerprint density at radius 2 is 1.70 bits per heavy atom. The number of fused-ring (bicyclic) bond motifs is 1. The minimum atomic E-state index is -0.0686. The lowest BCUT2D eigenvalue weighted by molar-refractivity contribution is -0.919. The third kappa shape index (κ3) is 2.49. The standard InChI is InChI=1S/C15H24N2O3/c18-14-7-3-8-15(19)16(14)11-12-5-4-10-17(20)9-2-1-6-13(12)17/h12-13H,1-11H2/t12-,13+,17?/m1/s1. The Kier molecular flexibility index (Phi) is 3.82. The van der Waals surface area contributed by atoms with Gasteiger partial charge in [-0.1, -0.05) is 0 Å². The Bertz CT molecular complexity index is 392. The number of hydrogen-bond acceptors (Lipinski definition) is 3. The minimum Gasteiger partial charge on any atom is -0.633 e. The highest BCUT2D eigenvalue weighted by molar-refractivity contribution is 5.97. The first kappa shape index (κ1) is 14.0. The number of piperidine rings is 3. The molecule has 0 aromatic heterocycles. The fraction of sp³-hybridized carbons (Fsp3) is 0.867. The Labute approximate surface area is 120 Å². The first-order valence-corrected chi connectivity index (χ1v) is 8.01. The Balaban J connectivity index is 1.72. The monoisotopic (exact) mass is 280 g/mol. The molecule has 0 bridgehead atoms. The molecular weight excluding hydrogens is 256 g/mol. The summed E-state index contributed by atoms with van der Waals surface area (Å²) in [6.07, 6.45) is 6.68. The zero-order valence-electron chi connectivity index (χ0n) is 12.1. The van der Waals surface area contributed by atoms with Gasteiger partial charge in [-0.15, -0.1) is 0 Å². The van der Waals surface area contributed by atoms with Gasteiger partial charge in [-0.25, -0.2) is 0 Å². The summed E-state index contributed by atoms with van der Waals surface area (Å²) in [7, 11) is 0. The van der Waals surface area contributed by atoms with Crippen LogP contribution in [0.1, 0.15) is 51.4 Å². The third-order valence-electron chi connectivity index (χ3n) is 5.35. The number of hydroxylamine groups is 3. The van der Waals surface area contributed by atoms with Gasteiger partial charge in [-0.2, -0.15) is 0 Å². The van der Waals surface area contributed by atoms with E-state index in [1.54, 1.807) is 0 Å². The highest BCUT2D eigenvalue weighted by atomic mass is 16.5. The summed E-state index contributed by atoms with van der Waals surface area (Å²) >= 11 is 0. The quantitative estimate of drug-likeness (QED) is 0.440. The van der Waals surface area contributed by atoms with Crippen LogP contribution in [0, 0.1) is 11.1 Å². The first-order chi connectivity index (χ1) is 9.60. The van der Waals surface area contributed by atoms with Crippen molar-refractivity contribution in [3.05, 3.63) is 5.21 Å². The van der Waals surface area contributed by atoms with E-state index < -0.39 is 0 Å². The van der Waals surface area contributed by atoms with Crippen LogP contribution in [0.15, 0.2) is 0 Å². The maximum absolute atomic E-state index is 12.9. The number of nitrogens with zero attached hydrogens (tertiary/aromatic N) is 2. The largest absolute Gasteiger partial charge is 0.633 e. The fourth-order valence-corrected chi connectivity index (χ4v) is 4.30. The van der Waals surface area contributed by atoms with Gasteiger partial charge in [-0.3, -0.25) is 14.5 Å². The molecule has 3 rings (SSSR count). The van der Waals surface area contributed by atoms with E-state index in [-0.39, 0.29) is 28.4 Å². The lowest BCUT2D eigenvalue weighted by atomic mass is 9.82. The van der Waals surface area contributed by atoms with Gasteiger partial charge in [0.2, 0.25) is 11.8 Å². The van der Waals surface area contributed by atoms with Gasteiger partial charge >= 0.3 is 0 Å². The normalized spacial score (nSPS) is 38.8. The van der Waals surface area contributed by atoms with Crippen LogP contribution in [-0.4, -0.2) is 47.0 Å². The SMILES string of the molecule is O=C1CCCC(=O)N1C[C@H]1CCC[N+]2([O-])CCCC[C@@H]12. The van der Waals surface area contributed by atoms with Crippen molar-refractivity contribution < 1.29 is 14.2 Å². The molecule has 0 aromatic carbocycles. The van der Waals surface area contributed by atoms with Crippen molar-refractivity contribution in [2.75, 3.05) is 19.6 Å². The van der Waals surface area contributed by atoms with Crippen LogP contribution in [0.2, 0.25) is 0 Å². The van der Waals surface area contributed by atoms with Gasteiger partial charge < -0.3 is 9.85 Å². The number of carbonyl (C=O) groups excluding carboxylic acids is 2. The van der Waals surface area contributed by atoms with E-state index >= 15 is 0 Å². The number of amides is 2. The molecule has 0 spiro atoms. The highest BCUT2D eigenvalue weighted by Gasteiger charge is 2.43. The van der Waals surface area contributed by atoms with Crippen molar-refractivity contribution in [1.82, 2.24) is 4.90 Å². The fourth-order valence-electron chi connectivity index (χ4n) is 4.30. The van der Waals surface area contributed by atoms with Crippen LogP contribution < -0.4 is 0 Å². The van der Waals surface area contributed by atoms with Crippen LogP contribution in [0.3, 0.4) is 0 Å². The second kappa shape index (κ2) is 5.45. The summed E-state index contributed by atoms with van der Waals surface area (Å²) in [5.74, 6) is 0.144. The molecular formula is C15H24N2O3. The molecule has 112 valence electrons. The summed E-state index contributed by atoms with van der Waals surface area (Å²) in [5.41, 5.74) is 0. The number of likely N-dealkylation sites (tertiary alicyclic amines) is 1. The Morgan fingerprint density at radius 3 is 2.45 bits per heavy atom. The molecule has 3 aliphatic rings. The van der Waals surface area contributed by atoms with E-state index in [0.29, 0.717) is 25.8 Å². The predicted molar refractivity (Wildman–Crippen MR) is 74.3 cm³/mol. The molecule has 5 heteroatoms. The molecule has 3 saturated heterocycles. The van der Waals surface area contributed by atoms with Gasteiger partial charge in [0, 0.05) is 31.7 Å². The number of quaternary nitrogens is 1. The lowest BCUT2D eigenvalue weighted by Crippen LogP contribution is -2.61. The summed E-state index contributed by atoms with van der Waals surface area (Å²) in [6, 6.07) is 0.111. The Morgan fingerprint density at radius 1 is 1.00 bits per heavy atom. The maximum Gasteiger partial charge on any atom is 0.229 e. The molecule has 2 amide bonds. The van der Waals surface area contributed by atoms with E-state index in [1.165, 1.54) is 4.90 Å². The maximum atomic E-state index is 12.9. The third-order valence-corrected chi connectivity index (χ3v) is 5.35. The van der Waals surface area contributed by atoms with Crippen LogP contribution in [0.5, 0.6) is 0 Å². The predicted octanol–water partition coefficient (Wildman–Crippen LogP) is 1.80. The summed E-state index contributed by atoms with van der Waals surface area (Å²) in [6.45, 7) is 1.94. The van der Waals surface area contributed by atoms with Crippen molar-refractivity contribution in [3.63, 3.8) is 0 Å². The van der Waals surface area contributed by atoms with Crippen LogP contribution in [-0.2, 0) is 9.59 Å². The average molecular weight is 280 g/mol. The van der Waals surface area contributed by atoms with E-state index in [9.17, 15) is 14.8 Å². The van der Waals surface area contributed by atoms with Crippen molar-refractivity contribution in [2.45, 2.75) is 57.4 Å². The first-order valence-electron chi connectivity index (χ1n) is 8.01. The van der Waals surface area contributed by atoms with Gasteiger partial charge in [0.25, 0.3) is 0 Å². The van der Waals surface area contributed by atoms with Gasteiger partial charge in [-0.05, 0) is 32.1 Å². The molecule has 20 heavy (non-hydrogen) atoms. The zero-order chi connectivity index (χ0) is 14.2. The summed E-state index contributed by atoms with van der Waals surface area (Å²) in [4.78, 5) is 25.3. The van der Waals surface area contributed by atoms with E-state index in [1.807, 2.05) is 0 Å². The average Bonchev–Trinajstić information content (AvgIpc) is 2.42. The molecule has 0 aromatic rings. The van der Waals surface area contributed by atoms with Crippen molar-refractivity contribution in [1.29, 1.82) is 0 Å². The topological polar surface area (TPSA) is 60.4 Å². The number of hydrogen-bond donors (Lipinski definition) is 0. The van der Waals surface area contributed by atoms with Crippen LogP contribution >= 0.6 is 0 Å². The second-order valence-corrected chi connectivity index (χ2v) is 6.62. The van der Waals surface area contributed by atoms with E-state index in [2.05, 4.69) is 0 Å². The smallest absolute Gasteiger partial charge is 0.229 e. The summed E-state index contributed by atoms with van der Waals surface area (Å²) < 4.78 is -0.0686. The van der Waals surface area contributed by atoms with Crippen molar-refractivity contribution in [2.24, 2.45) is 5.92 Å².